The summed E-state index contributed by atoms with van der Waals surface area (Å²) < 4.78 is 5.83. The normalized spacial score (nSPS) is 14.9. The van der Waals surface area contributed by atoms with E-state index >= 15 is 0 Å². The molecule has 3 aromatic carbocycles. The van der Waals surface area contributed by atoms with Crippen molar-refractivity contribution in [1.29, 1.82) is 0 Å². The van der Waals surface area contributed by atoms with E-state index in [1.807, 2.05) is 18.2 Å². The molecule has 2 N–H and O–H groups in total. The van der Waals surface area contributed by atoms with Crippen LogP contribution in [0.5, 0.6) is 5.75 Å². The molecule has 3 amide bonds. The van der Waals surface area contributed by atoms with Crippen LogP contribution in [0.4, 0.5) is 4.79 Å². The van der Waals surface area contributed by atoms with Crippen molar-refractivity contribution < 1.29 is 24.2 Å². The van der Waals surface area contributed by atoms with Gasteiger partial charge in [-0.3, -0.25) is 9.59 Å². The molecular formula is C23H18N2O5. The smallest absolute Gasteiger partial charge is 0.329 e. The zero-order chi connectivity index (χ0) is 21.1. The number of rotatable bonds is 6. The number of amides is 3. The number of hydrogen-bond donors (Lipinski definition) is 2. The lowest BCUT2D eigenvalue weighted by Gasteiger charge is -2.08. The number of benzene rings is 3. The fourth-order valence-corrected chi connectivity index (χ4v) is 3.17. The van der Waals surface area contributed by atoms with Crippen molar-refractivity contribution in [2.45, 2.75) is 6.61 Å². The van der Waals surface area contributed by atoms with Gasteiger partial charge in [0.15, 0.2) is 0 Å². The summed E-state index contributed by atoms with van der Waals surface area (Å²) in [5, 5.41) is 13.5. The molecule has 0 radical (unpaired) electrons. The molecule has 150 valence electrons. The van der Waals surface area contributed by atoms with Gasteiger partial charge in [0.25, 0.3) is 5.91 Å². The van der Waals surface area contributed by atoms with Gasteiger partial charge >= 0.3 is 12.0 Å². The molecule has 1 aliphatic rings. The summed E-state index contributed by atoms with van der Waals surface area (Å²) in [4.78, 5) is 35.3. The molecule has 0 bridgehead atoms. The summed E-state index contributed by atoms with van der Waals surface area (Å²) in [6.07, 6.45) is 1.50. The van der Waals surface area contributed by atoms with Crippen molar-refractivity contribution in [2.24, 2.45) is 0 Å². The molecule has 1 fully saturated rings. The quantitative estimate of drug-likeness (QED) is 0.487. The van der Waals surface area contributed by atoms with Gasteiger partial charge in [0.1, 0.15) is 24.6 Å². The predicted molar refractivity (Wildman–Crippen MR) is 111 cm³/mol. The molecule has 0 spiro atoms. The van der Waals surface area contributed by atoms with E-state index in [2.05, 4.69) is 29.6 Å². The zero-order valence-electron chi connectivity index (χ0n) is 15.9. The molecule has 0 aromatic heterocycles. The number of aliphatic carboxylic acids is 1. The monoisotopic (exact) mass is 402 g/mol. The number of carboxylic acids is 1. The van der Waals surface area contributed by atoms with E-state index in [-0.39, 0.29) is 5.70 Å². The van der Waals surface area contributed by atoms with Gasteiger partial charge in [0, 0.05) is 0 Å². The lowest BCUT2D eigenvalue weighted by Crippen LogP contribution is -2.35. The molecule has 1 saturated heterocycles. The largest absolute Gasteiger partial charge is 0.489 e. The van der Waals surface area contributed by atoms with Crippen LogP contribution in [-0.2, 0) is 16.2 Å². The molecule has 7 heteroatoms. The van der Waals surface area contributed by atoms with Gasteiger partial charge in [-0.2, -0.15) is 0 Å². The molecule has 0 atom stereocenters. The molecule has 1 aliphatic heterocycles. The maximum Gasteiger partial charge on any atom is 0.329 e. The molecule has 0 unspecified atom stereocenters. The Labute approximate surface area is 172 Å². The second-order valence-corrected chi connectivity index (χ2v) is 6.81. The van der Waals surface area contributed by atoms with E-state index in [0.29, 0.717) is 22.8 Å². The van der Waals surface area contributed by atoms with Crippen LogP contribution < -0.4 is 10.1 Å². The van der Waals surface area contributed by atoms with Crippen LogP contribution in [0, 0.1) is 0 Å². The van der Waals surface area contributed by atoms with E-state index in [9.17, 15) is 14.4 Å². The first-order chi connectivity index (χ1) is 14.5. The average Bonchev–Trinajstić information content (AvgIpc) is 3.00. The molecule has 4 rings (SSSR count). The van der Waals surface area contributed by atoms with E-state index < -0.39 is 24.5 Å². The number of carbonyl (C=O) groups excluding carboxylic acids is 2. The molecular weight excluding hydrogens is 384 g/mol. The van der Waals surface area contributed by atoms with Gasteiger partial charge in [-0.1, -0.05) is 48.5 Å². The molecule has 0 saturated carbocycles. The Balaban J connectivity index is 1.41. The Morgan fingerprint density at radius 3 is 2.47 bits per heavy atom. The van der Waals surface area contributed by atoms with Gasteiger partial charge in [0.05, 0.1) is 0 Å². The summed E-state index contributed by atoms with van der Waals surface area (Å²) in [5.41, 5.74) is 1.76. The highest BCUT2D eigenvalue weighted by Crippen LogP contribution is 2.20. The first-order valence-electron chi connectivity index (χ1n) is 9.26. The minimum absolute atomic E-state index is 0.0334. The number of carboxylic acid groups (broad SMARTS) is 1. The number of nitrogens with zero attached hydrogens (tertiary/aromatic N) is 1. The number of urea groups is 1. The standard InChI is InChI=1S/C23H18N2O5/c26-21(27)13-25-22(28)20(24-23(25)29)12-15-6-9-19(10-7-15)30-14-16-5-8-17-3-1-2-4-18(17)11-16/h1-12H,13-14H2,(H,24,29)(H,26,27)/b20-12+. The summed E-state index contributed by atoms with van der Waals surface area (Å²) >= 11 is 0. The van der Waals surface area contributed by atoms with Crippen molar-refractivity contribution in [3.05, 3.63) is 83.6 Å². The summed E-state index contributed by atoms with van der Waals surface area (Å²) in [7, 11) is 0. The highest BCUT2D eigenvalue weighted by molar-refractivity contribution is 6.15. The first kappa shape index (κ1) is 19.2. The Morgan fingerprint density at radius 2 is 1.73 bits per heavy atom. The second kappa shape index (κ2) is 8.08. The SMILES string of the molecule is O=C(O)CN1C(=O)N/C(=C/c2ccc(OCc3ccc4ccccc4c3)cc2)C1=O. The minimum atomic E-state index is -1.26. The minimum Gasteiger partial charge on any atom is -0.489 e. The van der Waals surface area contributed by atoms with Crippen LogP contribution in [0.1, 0.15) is 11.1 Å². The molecule has 3 aromatic rings. The fourth-order valence-electron chi connectivity index (χ4n) is 3.17. The van der Waals surface area contributed by atoms with E-state index in [1.54, 1.807) is 24.3 Å². The Morgan fingerprint density at radius 1 is 1.00 bits per heavy atom. The molecule has 1 heterocycles. The maximum absolute atomic E-state index is 12.2. The Hall–Kier alpha value is -4.13. The van der Waals surface area contributed by atoms with Crippen molar-refractivity contribution in [2.75, 3.05) is 6.54 Å². The van der Waals surface area contributed by atoms with Gasteiger partial charge in [-0.25, -0.2) is 9.69 Å². The van der Waals surface area contributed by atoms with Crippen molar-refractivity contribution >= 4 is 34.8 Å². The zero-order valence-corrected chi connectivity index (χ0v) is 15.9. The Bertz CT molecular complexity index is 1170. The van der Waals surface area contributed by atoms with Gasteiger partial charge in [0.2, 0.25) is 0 Å². The summed E-state index contributed by atoms with van der Waals surface area (Å²) in [5.74, 6) is -1.26. The molecule has 30 heavy (non-hydrogen) atoms. The number of hydrogen-bond acceptors (Lipinski definition) is 4. The summed E-state index contributed by atoms with van der Waals surface area (Å²) in [6.45, 7) is -0.256. The van der Waals surface area contributed by atoms with Gasteiger partial charge in [-0.15, -0.1) is 0 Å². The van der Waals surface area contributed by atoms with Crippen LogP contribution in [0.2, 0.25) is 0 Å². The highest BCUT2D eigenvalue weighted by Gasteiger charge is 2.34. The van der Waals surface area contributed by atoms with E-state index in [4.69, 9.17) is 9.84 Å². The van der Waals surface area contributed by atoms with Gasteiger partial charge < -0.3 is 15.2 Å². The maximum atomic E-state index is 12.2. The number of ether oxygens (including phenoxy) is 1. The molecule has 0 aliphatic carbocycles. The number of nitrogens with one attached hydrogen (secondary N) is 1. The third kappa shape index (κ3) is 4.15. The van der Waals surface area contributed by atoms with Crippen LogP contribution in [0.3, 0.4) is 0 Å². The summed E-state index contributed by atoms with van der Waals surface area (Å²) in [6, 6.07) is 20.6. The van der Waals surface area contributed by atoms with Crippen molar-refractivity contribution in [3.63, 3.8) is 0 Å². The molecule has 7 nitrogen and oxygen atoms in total. The van der Waals surface area contributed by atoms with Crippen LogP contribution in [-0.4, -0.2) is 34.5 Å². The fraction of sp³-hybridized carbons (Fsp3) is 0.0870. The van der Waals surface area contributed by atoms with Crippen LogP contribution in [0.25, 0.3) is 16.8 Å². The van der Waals surface area contributed by atoms with Crippen molar-refractivity contribution in [3.8, 4) is 5.75 Å². The number of carbonyl (C=O) groups is 3. The average molecular weight is 402 g/mol. The Kier molecular flexibility index (Phi) is 5.17. The first-order valence-corrected chi connectivity index (χ1v) is 9.26. The predicted octanol–water partition coefficient (Wildman–Crippen LogP) is 3.40. The topological polar surface area (TPSA) is 95.9 Å². The third-order valence-electron chi connectivity index (χ3n) is 4.67. The van der Waals surface area contributed by atoms with Gasteiger partial charge in [-0.05, 0) is 46.2 Å². The van der Waals surface area contributed by atoms with E-state index in [1.165, 1.54) is 11.5 Å². The number of fused-ring (bicyclic) bond motifs is 1. The number of imide groups is 1. The van der Waals surface area contributed by atoms with Crippen LogP contribution >= 0.6 is 0 Å². The highest BCUT2D eigenvalue weighted by atomic mass is 16.5. The van der Waals surface area contributed by atoms with Crippen LogP contribution in [0.15, 0.2) is 72.4 Å². The lowest BCUT2D eigenvalue weighted by atomic mass is 10.1. The third-order valence-corrected chi connectivity index (χ3v) is 4.67. The second-order valence-electron chi connectivity index (χ2n) is 6.81. The van der Waals surface area contributed by atoms with Crippen molar-refractivity contribution in [1.82, 2.24) is 10.2 Å². The lowest BCUT2D eigenvalue weighted by molar-refractivity contribution is -0.140. The van der Waals surface area contributed by atoms with E-state index in [0.717, 1.165) is 10.9 Å².